The molecule has 0 saturated heterocycles. The topological polar surface area (TPSA) is 63.3 Å². The molecule has 42 valence electrons. The summed E-state index contributed by atoms with van der Waals surface area (Å²) in [6.07, 6.45) is 0. The van der Waals surface area contributed by atoms with Crippen molar-refractivity contribution in [3.05, 3.63) is 0 Å². The van der Waals surface area contributed by atoms with E-state index in [1.54, 1.807) is 6.92 Å². The van der Waals surface area contributed by atoms with Gasteiger partial charge in [-0.3, -0.25) is 4.79 Å². The Morgan fingerprint density at radius 3 is 2.43 bits per heavy atom. The lowest BCUT2D eigenvalue weighted by molar-refractivity contribution is -0.140. The van der Waals surface area contributed by atoms with E-state index in [-0.39, 0.29) is 6.54 Å². The molecule has 0 fully saturated rings. The minimum absolute atomic E-state index is 0.218. The molecule has 0 spiro atoms. The molecule has 0 aliphatic rings. The Kier molecular flexibility index (Phi) is 2.37. The van der Waals surface area contributed by atoms with E-state index in [0.29, 0.717) is 0 Å². The van der Waals surface area contributed by atoms with Crippen molar-refractivity contribution in [2.45, 2.75) is 6.92 Å². The van der Waals surface area contributed by atoms with Gasteiger partial charge in [-0.15, -0.1) is 0 Å². The van der Waals surface area contributed by atoms with Gasteiger partial charge < -0.3 is 10.8 Å². The first-order chi connectivity index (χ1) is 3.18. The number of carboxylic acid groups (broad SMARTS) is 1. The van der Waals surface area contributed by atoms with Crippen molar-refractivity contribution in [2.24, 2.45) is 11.7 Å². The summed E-state index contributed by atoms with van der Waals surface area (Å²) in [7, 11) is 0. The van der Waals surface area contributed by atoms with Crippen LogP contribution in [0.2, 0.25) is 0 Å². The fraction of sp³-hybridized carbons (Fsp3) is 0.750. The summed E-state index contributed by atoms with van der Waals surface area (Å²) in [5.41, 5.74) is 4.99. The number of hydrogen-bond acceptors (Lipinski definition) is 2. The van der Waals surface area contributed by atoms with Crippen LogP contribution in [0.4, 0.5) is 0 Å². The smallest absolute Gasteiger partial charge is 0.307 e. The Hall–Kier alpha value is -0.570. The molecule has 0 bridgehead atoms. The van der Waals surface area contributed by atoms with Gasteiger partial charge in [0.15, 0.2) is 0 Å². The van der Waals surface area contributed by atoms with E-state index in [2.05, 4.69) is 0 Å². The number of rotatable bonds is 2. The van der Waals surface area contributed by atoms with Crippen LogP contribution in [0.5, 0.6) is 0 Å². The van der Waals surface area contributed by atoms with E-state index in [1.165, 1.54) is 0 Å². The second kappa shape index (κ2) is 2.58. The summed E-state index contributed by atoms with van der Waals surface area (Å²) in [4.78, 5) is 9.85. The van der Waals surface area contributed by atoms with Crippen molar-refractivity contribution < 1.29 is 9.90 Å². The zero-order valence-electron chi connectivity index (χ0n) is 4.22. The molecule has 0 aliphatic heterocycles. The van der Waals surface area contributed by atoms with E-state index in [4.69, 9.17) is 10.8 Å². The Morgan fingerprint density at radius 1 is 2.00 bits per heavy atom. The number of carbonyl (C=O) groups is 1. The molecule has 3 nitrogen and oxygen atoms in total. The van der Waals surface area contributed by atoms with Gasteiger partial charge in [-0.1, -0.05) is 6.92 Å². The van der Waals surface area contributed by atoms with Gasteiger partial charge in [-0.2, -0.15) is 0 Å². The fourth-order valence-corrected chi connectivity index (χ4v) is 0.101. The summed E-state index contributed by atoms with van der Waals surface area (Å²) < 4.78 is 0. The molecular weight excluding hydrogens is 93.0 g/mol. The summed E-state index contributed by atoms with van der Waals surface area (Å²) in [5.74, 6) is -1.23. The maximum absolute atomic E-state index is 9.85. The summed E-state index contributed by atoms with van der Waals surface area (Å²) in [5, 5.41) is 8.10. The second-order valence-corrected chi connectivity index (χ2v) is 1.47. The van der Waals surface area contributed by atoms with Crippen molar-refractivity contribution >= 4 is 5.97 Å². The molecule has 0 saturated carbocycles. The highest BCUT2D eigenvalue weighted by Crippen LogP contribution is 1.87. The molecule has 0 radical (unpaired) electrons. The van der Waals surface area contributed by atoms with Crippen molar-refractivity contribution in [1.82, 2.24) is 0 Å². The molecular formula is C4H9NO2. The maximum atomic E-state index is 9.85. The van der Waals surface area contributed by atoms with Gasteiger partial charge >= 0.3 is 5.97 Å². The van der Waals surface area contributed by atoms with Crippen LogP contribution in [-0.2, 0) is 4.79 Å². The molecule has 3 N–H and O–H groups in total. The van der Waals surface area contributed by atoms with Crippen LogP contribution in [0.15, 0.2) is 0 Å². The van der Waals surface area contributed by atoms with E-state index < -0.39 is 11.9 Å². The molecule has 0 aromatic carbocycles. The Labute approximate surface area is 42.1 Å². The minimum atomic E-state index is -0.831. The van der Waals surface area contributed by atoms with Crippen LogP contribution in [0.3, 0.4) is 0 Å². The molecule has 3 heteroatoms. The number of hydrogen-bond donors (Lipinski definition) is 2. The van der Waals surface area contributed by atoms with Gasteiger partial charge in [0.25, 0.3) is 0 Å². The minimum Gasteiger partial charge on any atom is -0.481 e. The average molecular weight is 102 g/mol. The zero-order valence-corrected chi connectivity index (χ0v) is 4.22. The molecule has 0 aromatic rings. The van der Waals surface area contributed by atoms with E-state index in [1.807, 2.05) is 0 Å². The summed E-state index contributed by atoms with van der Waals surface area (Å²) in [6, 6.07) is 0. The van der Waals surface area contributed by atoms with Crippen molar-refractivity contribution in [1.29, 1.82) is 0 Å². The van der Waals surface area contributed by atoms with Crippen LogP contribution < -0.4 is 5.73 Å². The van der Waals surface area contributed by atoms with Gasteiger partial charge in [0, 0.05) is 6.54 Å². The average Bonchev–Trinajstić information content (AvgIpc) is 1.65. The van der Waals surface area contributed by atoms with Crippen LogP contribution in [0.1, 0.15) is 6.92 Å². The summed E-state index contributed by atoms with van der Waals surface area (Å²) in [6.45, 7) is 1.79. The molecule has 1 atom stereocenters. The molecule has 0 aliphatic carbocycles. The standard InChI is InChI=1S/C4H9NO2/c1-3(2-5)4(6)7/h3H,2,5H2,1H3,(H,6,7)/i1-1. The quantitative estimate of drug-likeness (QED) is 0.501. The lowest BCUT2D eigenvalue weighted by Gasteiger charge is -1.96. The SMILES string of the molecule is [11CH3]C(CN)C(=O)O. The highest BCUT2D eigenvalue weighted by molar-refractivity contribution is 5.69. The van der Waals surface area contributed by atoms with Crippen LogP contribution in [0, 0.1) is 5.92 Å². The first-order valence-electron chi connectivity index (χ1n) is 2.11. The predicted octanol–water partition coefficient (Wildman–Crippen LogP) is -0.334. The highest BCUT2D eigenvalue weighted by atomic mass is 16.4. The first kappa shape index (κ1) is 6.43. The molecule has 0 amide bonds. The lowest BCUT2D eigenvalue weighted by atomic mass is 9.96. The van der Waals surface area contributed by atoms with Crippen LogP contribution in [0.25, 0.3) is 0 Å². The second-order valence-electron chi connectivity index (χ2n) is 1.47. The maximum Gasteiger partial charge on any atom is 0.307 e. The lowest BCUT2D eigenvalue weighted by Crippen LogP contribution is -2.19. The zero-order chi connectivity index (χ0) is 5.86. The molecule has 0 rings (SSSR count). The van der Waals surface area contributed by atoms with Crippen LogP contribution in [-0.4, -0.2) is 17.6 Å². The first-order valence-corrected chi connectivity index (χ1v) is 2.11. The monoisotopic (exact) mass is 102 g/mol. The van der Waals surface area contributed by atoms with Crippen molar-refractivity contribution in [3.8, 4) is 0 Å². The summed E-state index contributed by atoms with van der Waals surface area (Å²) >= 11 is 0. The molecule has 0 heterocycles. The van der Waals surface area contributed by atoms with Gasteiger partial charge in [0.1, 0.15) is 0 Å². The van der Waals surface area contributed by atoms with Gasteiger partial charge in [0.05, 0.1) is 5.92 Å². The van der Waals surface area contributed by atoms with Gasteiger partial charge in [0.2, 0.25) is 0 Å². The van der Waals surface area contributed by atoms with Crippen LogP contribution >= 0.6 is 0 Å². The van der Waals surface area contributed by atoms with Crippen molar-refractivity contribution in [2.75, 3.05) is 6.54 Å². The Bertz CT molecular complexity index is 72.1. The van der Waals surface area contributed by atoms with E-state index in [0.717, 1.165) is 0 Å². The highest BCUT2D eigenvalue weighted by Gasteiger charge is 2.05. The van der Waals surface area contributed by atoms with Crippen molar-refractivity contribution in [3.63, 3.8) is 0 Å². The fourth-order valence-electron chi connectivity index (χ4n) is 0.101. The number of aliphatic carboxylic acids is 1. The Morgan fingerprint density at radius 2 is 2.43 bits per heavy atom. The number of carboxylic acids is 1. The van der Waals surface area contributed by atoms with E-state index >= 15 is 0 Å². The third-order valence-electron chi connectivity index (χ3n) is 0.775. The van der Waals surface area contributed by atoms with Gasteiger partial charge in [-0.05, 0) is 0 Å². The largest absolute Gasteiger partial charge is 0.481 e. The molecule has 1 unspecified atom stereocenters. The predicted molar refractivity (Wildman–Crippen MR) is 25.9 cm³/mol. The Balaban J connectivity index is 3.34. The third-order valence-corrected chi connectivity index (χ3v) is 0.775. The molecule has 7 heavy (non-hydrogen) atoms. The third kappa shape index (κ3) is 2.17. The van der Waals surface area contributed by atoms with E-state index in [9.17, 15) is 4.79 Å². The normalized spacial score (nSPS) is 13.4. The number of nitrogens with two attached hydrogens (primary N) is 1. The van der Waals surface area contributed by atoms with Gasteiger partial charge in [-0.25, -0.2) is 0 Å². The molecule has 0 aromatic heterocycles.